The van der Waals surface area contributed by atoms with E-state index in [1.54, 1.807) is 41.5 Å². The van der Waals surface area contributed by atoms with Crippen molar-refractivity contribution in [2.45, 2.75) is 76.7 Å². The van der Waals surface area contributed by atoms with Crippen LogP contribution in [0.2, 0.25) is 0 Å². The molecule has 0 saturated carbocycles. The molecule has 2 aromatic rings. The Kier molecular flexibility index (Phi) is 9.12. The Bertz CT molecular complexity index is 1110. The maximum Gasteiger partial charge on any atom is 0.411 e. The minimum absolute atomic E-state index is 0.179. The fourth-order valence-corrected chi connectivity index (χ4v) is 4.61. The number of rotatable bonds is 4. The summed E-state index contributed by atoms with van der Waals surface area (Å²) in [5, 5.41) is 18.7. The fourth-order valence-electron chi connectivity index (χ4n) is 4.61. The first-order valence-electron chi connectivity index (χ1n) is 13.1. The highest BCUT2D eigenvalue weighted by molar-refractivity contribution is 5.84. The SMILES string of the molecule is CC(C)(C)OC(=O)N1C[C@@H](c2ccccc2)[C@H]1C(=O)O.CC(C)(C)OC(=O)N1C[C@H](c2ccccc2)[C@@H]1C(=O)O. The Hall–Kier alpha value is -4.08. The Morgan fingerprint density at radius 1 is 0.625 bits per heavy atom. The molecule has 0 unspecified atom stereocenters. The zero-order valence-corrected chi connectivity index (χ0v) is 23.7. The molecule has 2 aliphatic heterocycles. The lowest BCUT2D eigenvalue weighted by Gasteiger charge is -2.45. The monoisotopic (exact) mass is 554 g/mol. The maximum atomic E-state index is 12.0. The van der Waals surface area contributed by atoms with Gasteiger partial charge in [0.25, 0.3) is 0 Å². The summed E-state index contributed by atoms with van der Waals surface area (Å²) in [6, 6.07) is 17.0. The third kappa shape index (κ3) is 7.52. The number of aliphatic carboxylic acids is 2. The van der Waals surface area contributed by atoms with Gasteiger partial charge in [-0.15, -0.1) is 0 Å². The van der Waals surface area contributed by atoms with Gasteiger partial charge in [0.1, 0.15) is 23.3 Å². The van der Waals surface area contributed by atoms with Crippen LogP contribution in [0.3, 0.4) is 0 Å². The first-order valence-corrected chi connectivity index (χ1v) is 13.1. The second-order valence-corrected chi connectivity index (χ2v) is 11.9. The zero-order valence-electron chi connectivity index (χ0n) is 23.7. The van der Waals surface area contributed by atoms with E-state index in [9.17, 15) is 29.4 Å². The molecule has 2 saturated heterocycles. The number of nitrogens with zero attached hydrogens (tertiary/aromatic N) is 2. The minimum atomic E-state index is -1.00. The van der Waals surface area contributed by atoms with Crippen LogP contribution in [0, 0.1) is 0 Å². The molecular weight excluding hydrogens is 516 g/mol. The number of carbonyl (C=O) groups excluding carboxylic acids is 2. The number of hydrogen-bond donors (Lipinski definition) is 2. The van der Waals surface area contributed by atoms with E-state index < -0.39 is 47.4 Å². The smallest absolute Gasteiger partial charge is 0.411 e. The van der Waals surface area contributed by atoms with E-state index in [-0.39, 0.29) is 11.8 Å². The summed E-state index contributed by atoms with van der Waals surface area (Å²) in [7, 11) is 0. The molecule has 0 aliphatic carbocycles. The van der Waals surface area contributed by atoms with Crippen molar-refractivity contribution in [1.82, 2.24) is 9.80 Å². The van der Waals surface area contributed by atoms with Crippen LogP contribution in [0.25, 0.3) is 0 Å². The molecule has 4 rings (SSSR count). The van der Waals surface area contributed by atoms with E-state index in [1.807, 2.05) is 60.7 Å². The van der Waals surface area contributed by atoms with Gasteiger partial charge in [0.15, 0.2) is 0 Å². The van der Waals surface area contributed by atoms with Gasteiger partial charge in [0, 0.05) is 24.9 Å². The number of carboxylic acids is 2. The highest BCUT2D eigenvalue weighted by atomic mass is 16.6. The van der Waals surface area contributed by atoms with Gasteiger partial charge in [-0.25, -0.2) is 19.2 Å². The molecule has 10 heteroatoms. The lowest BCUT2D eigenvalue weighted by atomic mass is 9.83. The van der Waals surface area contributed by atoms with Crippen molar-refractivity contribution in [2.24, 2.45) is 0 Å². The van der Waals surface area contributed by atoms with E-state index in [0.29, 0.717) is 13.1 Å². The van der Waals surface area contributed by atoms with Crippen molar-refractivity contribution in [3.05, 3.63) is 71.8 Å². The molecule has 0 aromatic heterocycles. The normalized spacial score (nSPS) is 22.1. The van der Waals surface area contributed by atoms with Crippen LogP contribution in [0.1, 0.15) is 64.5 Å². The van der Waals surface area contributed by atoms with Crippen molar-refractivity contribution in [2.75, 3.05) is 13.1 Å². The van der Waals surface area contributed by atoms with Gasteiger partial charge in [-0.2, -0.15) is 0 Å². The van der Waals surface area contributed by atoms with Crippen LogP contribution in [0.15, 0.2) is 60.7 Å². The molecule has 2 aromatic carbocycles. The van der Waals surface area contributed by atoms with Crippen molar-refractivity contribution in [3.8, 4) is 0 Å². The topological polar surface area (TPSA) is 134 Å². The number of carboxylic acid groups (broad SMARTS) is 2. The highest BCUT2D eigenvalue weighted by Gasteiger charge is 2.50. The van der Waals surface area contributed by atoms with E-state index in [4.69, 9.17) is 9.47 Å². The van der Waals surface area contributed by atoms with Crippen molar-refractivity contribution >= 4 is 24.1 Å². The van der Waals surface area contributed by atoms with Gasteiger partial charge in [-0.3, -0.25) is 9.80 Å². The average molecular weight is 555 g/mol. The molecule has 4 atom stereocenters. The summed E-state index contributed by atoms with van der Waals surface area (Å²) in [4.78, 5) is 49.3. The number of carbonyl (C=O) groups is 4. The molecule has 0 radical (unpaired) electrons. The quantitative estimate of drug-likeness (QED) is 0.542. The number of ether oxygens (including phenoxy) is 2. The fraction of sp³-hybridized carbons (Fsp3) is 0.467. The third-order valence-electron chi connectivity index (χ3n) is 6.44. The lowest BCUT2D eigenvalue weighted by molar-refractivity contribution is -0.150. The van der Waals surface area contributed by atoms with Gasteiger partial charge < -0.3 is 19.7 Å². The molecule has 2 aliphatic rings. The van der Waals surface area contributed by atoms with Gasteiger partial charge in [-0.1, -0.05) is 60.7 Å². The molecule has 2 fully saturated rings. The Balaban J connectivity index is 0.000000220. The van der Waals surface area contributed by atoms with E-state index in [0.717, 1.165) is 11.1 Å². The van der Waals surface area contributed by atoms with Crippen LogP contribution in [0.4, 0.5) is 9.59 Å². The largest absolute Gasteiger partial charge is 0.480 e. The van der Waals surface area contributed by atoms with E-state index in [1.165, 1.54) is 9.80 Å². The van der Waals surface area contributed by atoms with Crippen LogP contribution < -0.4 is 0 Å². The first kappa shape index (κ1) is 30.5. The molecule has 0 spiro atoms. The van der Waals surface area contributed by atoms with Gasteiger partial charge in [0.05, 0.1) is 0 Å². The Morgan fingerprint density at radius 2 is 0.925 bits per heavy atom. The predicted molar refractivity (Wildman–Crippen MR) is 147 cm³/mol. The molecule has 216 valence electrons. The van der Waals surface area contributed by atoms with E-state index >= 15 is 0 Å². The number of amides is 2. The second-order valence-electron chi connectivity index (χ2n) is 11.9. The maximum absolute atomic E-state index is 12.0. The second kappa shape index (κ2) is 12.0. The molecule has 2 heterocycles. The Morgan fingerprint density at radius 3 is 1.18 bits per heavy atom. The standard InChI is InChI=1S/2C15H19NO4/c2*1-15(2,3)20-14(19)16-9-11(12(16)13(17)18)10-7-5-4-6-8-10/h2*4-8,11-12H,9H2,1-3H3,(H,17,18)/t2*11-,12-/m10/s1. The van der Waals surface area contributed by atoms with Crippen molar-refractivity contribution in [3.63, 3.8) is 0 Å². The molecule has 40 heavy (non-hydrogen) atoms. The van der Waals surface area contributed by atoms with E-state index in [2.05, 4.69) is 0 Å². The van der Waals surface area contributed by atoms with Gasteiger partial charge in [0.2, 0.25) is 0 Å². The summed E-state index contributed by atoms with van der Waals surface area (Å²) in [6.45, 7) is 11.3. The molecular formula is C30H38N2O8. The molecule has 0 bridgehead atoms. The lowest BCUT2D eigenvalue weighted by Crippen LogP contribution is -2.61. The third-order valence-corrected chi connectivity index (χ3v) is 6.44. The summed E-state index contributed by atoms with van der Waals surface area (Å²) in [5.74, 6) is -2.37. The zero-order chi connectivity index (χ0) is 29.8. The van der Waals surface area contributed by atoms with Crippen molar-refractivity contribution in [1.29, 1.82) is 0 Å². The molecule has 10 nitrogen and oxygen atoms in total. The first-order chi connectivity index (χ1) is 18.6. The number of likely N-dealkylation sites (tertiary alicyclic amines) is 2. The highest BCUT2D eigenvalue weighted by Crippen LogP contribution is 2.36. The molecule has 2 amide bonds. The summed E-state index contributed by atoms with van der Waals surface area (Å²) >= 11 is 0. The minimum Gasteiger partial charge on any atom is -0.480 e. The Labute approximate surface area is 234 Å². The summed E-state index contributed by atoms with van der Waals surface area (Å²) in [6.07, 6.45) is -1.14. The summed E-state index contributed by atoms with van der Waals surface area (Å²) in [5.41, 5.74) is 0.607. The van der Waals surface area contributed by atoms with Crippen LogP contribution in [0.5, 0.6) is 0 Å². The van der Waals surface area contributed by atoms with Gasteiger partial charge in [-0.05, 0) is 52.7 Å². The van der Waals surface area contributed by atoms with Crippen LogP contribution in [-0.4, -0.2) is 80.5 Å². The van der Waals surface area contributed by atoms with Gasteiger partial charge >= 0.3 is 24.1 Å². The summed E-state index contributed by atoms with van der Waals surface area (Å²) < 4.78 is 10.5. The van der Waals surface area contributed by atoms with Crippen LogP contribution in [-0.2, 0) is 19.1 Å². The number of benzene rings is 2. The van der Waals surface area contributed by atoms with Crippen LogP contribution >= 0.6 is 0 Å². The predicted octanol–water partition coefficient (Wildman–Crippen LogP) is 4.95. The van der Waals surface area contributed by atoms with Crippen molar-refractivity contribution < 1.29 is 38.9 Å². The number of hydrogen-bond acceptors (Lipinski definition) is 6. The average Bonchev–Trinajstić information content (AvgIpc) is 2.76. The molecule has 2 N–H and O–H groups in total.